The van der Waals surface area contributed by atoms with E-state index in [1.807, 2.05) is 27.9 Å². The van der Waals surface area contributed by atoms with Gasteiger partial charge < -0.3 is 4.90 Å². The first-order valence-electron chi connectivity index (χ1n) is 8.71. The highest BCUT2D eigenvalue weighted by Gasteiger charge is 2.19. The summed E-state index contributed by atoms with van der Waals surface area (Å²) in [6, 6.07) is 10.1. The first kappa shape index (κ1) is 18.8. The van der Waals surface area contributed by atoms with Gasteiger partial charge in [-0.3, -0.25) is 4.79 Å². The molecule has 136 valence electrons. The van der Waals surface area contributed by atoms with Crippen molar-refractivity contribution in [1.29, 1.82) is 0 Å². The van der Waals surface area contributed by atoms with Crippen molar-refractivity contribution >= 4 is 28.6 Å². The smallest absolute Gasteiger partial charge is 0.254 e. The number of carbonyl (C=O) groups is 1. The normalized spacial score (nSPS) is 11.5. The van der Waals surface area contributed by atoms with E-state index in [4.69, 9.17) is 0 Å². The van der Waals surface area contributed by atoms with Gasteiger partial charge in [-0.25, -0.2) is 4.98 Å². The van der Waals surface area contributed by atoms with Gasteiger partial charge in [-0.05, 0) is 45.5 Å². The Bertz CT molecular complexity index is 816. The van der Waals surface area contributed by atoms with Gasteiger partial charge in [0.25, 0.3) is 5.91 Å². The van der Waals surface area contributed by atoms with Crippen LogP contribution in [0.5, 0.6) is 0 Å². The highest BCUT2D eigenvalue weighted by molar-refractivity contribution is 7.08. The third kappa shape index (κ3) is 4.80. The molecular formula is C21H24N2OS2. The van der Waals surface area contributed by atoms with Gasteiger partial charge in [-0.2, -0.15) is 11.3 Å². The Morgan fingerprint density at radius 3 is 2.42 bits per heavy atom. The minimum atomic E-state index is 0.0758. The Hall–Kier alpha value is -1.98. The Kier molecular flexibility index (Phi) is 5.89. The predicted molar refractivity (Wildman–Crippen MR) is 110 cm³/mol. The van der Waals surface area contributed by atoms with E-state index in [0.717, 1.165) is 17.7 Å². The van der Waals surface area contributed by atoms with E-state index < -0.39 is 0 Å². The second-order valence-electron chi connectivity index (χ2n) is 7.42. The number of rotatable bonds is 6. The van der Waals surface area contributed by atoms with Crippen molar-refractivity contribution in [3.05, 3.63) is 74.4 Å². The van der Waals surface area contributed by atoms with Crippen molar-refractivity contribution in [2.45, 2.75) is 39.2 Å². The Balaban J connectivity index is 1.76. The van der Waals surface area contributed by atoms with Crippen molar-refractivity contribution < 1.29 is 4.79 Å². The van der Waals surface area contributed by atoms with Crippen LogP contribution in [0.1, 0.15) is 48.0 Å². The zero-order chi connectivity index (χ0) is 18.6. The molecule has 3 rings (SSSR count). The lowest BCUT2D eigenvalue weighted by Crippen LogP contribution is -2.32. The van der Waals surface area contributed by atoms with Crippen molar-refractivity contribution in [3.63, 3.8) is 0 Å². The first-order chi connectivity index (χ1) is 12.4. The zero-order valence-electron chi connectivity index (χ0n) is 15.4. The second kappa shape index (κ2) is 8.14. The van der Waals surface area contributed by atoms with Crippen LogP contribution in [-0.4, -0.2) is 22.3 Å². The first-order valence-corrected chi connectivity index (χ1v) is 10.6. The topological polar surface area (TPSA) is 33.2 Å². The van der Waals surface area contributed by atoms with Gasteiger partial charge in [-0.15, -0.1) is 11.3 Å². The number of hydrogen-bond acceptors (Lipinski definition) is 4. The third-order valence-corrected chi connectivity index (χ3v) is 5.73. The van der Waals surface area contributed by atoms with Crippen LogP contribution in [-0.2, 0) is 18.4 Å². The maximum atomic E-state index is 13.1. The molecule has 0 N–H and O–H groups in total. The molecule has 0 spiro atoms. The van der Waals surface area contributed by atoms with E-state index >= 15 is 0 Å². The van der Waals surface area contributed by atoms with Crippen LogP contribution in [0.4, 0.5) is 0 Å². The van der Waals surface area contributed by atoms with Crippen LogP contribution < -0.4 is 0 Å². The minimum Gasteiger partial charge on any atom is -0.334 e. The number of carbonyl (C=O) groups excluding carboxylic acids is 1. The summed E-state index contributed by atoms with van der Waals surface area (Å²) in [4.78, 5) is 19.4. The molecule has 0 atom stereocenters. The number of amides is 1. The summed E-state index contributed by atoms with van der Waals surface area (Å²) in [5, 5.41) is 6.20. The minimum absolute atomic E-state index is 0.0758. The van der Waals surface area contributed by atoms with E-state index in [9.17, 15) is 4.79 Å². The van der Waals surface area contributed by atoms with E-state index in [1.54, 1.807) is 22.7 Å². The number of aromatic nitrogens is 1. The number of thiophene rings is 1. The highest BCUT2D eigenvalue weighted by atomic mass is 32.1. The molecular weight excluding hydrogens is 360 g/mol. The van der Waals surface area contributed by atoms with Crippen LogP contribution in [0.3, 0.4) is 0 Å². The van der Waals surface area contributed by atoms with Crippen LogP contribution in [0.25, 0.3) is 0 Å². The summed E-state index contributed by atoms with van der Waals surface area (Å²) < 4.78 is 0. The van der Waals surface area contributed by atoms with Crippen molar-refractivity contribution in [1.82, 2.24) is 9.88 Å². The van der Waals surface area contributed by atoms with Crippen LogP contribution >= 0.6 is 22.7 Å². The van der Waals surface area contributed by atoms with Crippen molar-refractivity contribution in [2.24, 2.45) is 0 Å². The Morgan fingerprint density at radius 2 is 1.85 bits per heavy atom. The van der Waals surface area contributed by atoms with Gasteiger partial charge in [-0.1, -0.05) is 32.9 Å². The van der Waals surface area contributed by atoms with Gasteiger partial charge in [0.15, 0.2) is 0 Å². The molecule has 0 fully saturated rings. The number of benzene rings is 1. The molecule has 3 nitrogen and oxygen atoms in total. The molecule has 0 aliphatic heterocycles. The summed E-state index contributed by atoms with van der Waals surface area (Å²) in [5.74, 6) is 0.0758. The zero-order valence-corrected chi connectivity index (χ0v) is 17.1. The van der Waals surface area contributed by atoms with E-state index in [2.05, 4.69) is 54.7 Å². The lowest BCUT2D eigenvalue weighted by atomic mass is 9.86. The monoisotopic (exact) mass is 384 g/mol. The van der Waals surface area contributed by atoms with E-state index in [-0.39, 0.29) is 11.3 Å². The highest BCUT2D eigenvalue weighted by Crippen LogP contribution is 2.23. The maximum Gasteiger partial charge on any atom is 0.254 e. The van der Waals surface area contributed by atoms with Gasteiger partial charge in [0.2, 0.25) is 0 Å². The fourth-order valence-electron chi connectivity index (χ4n) is 2.76. The molecule has 0 aliphatic carbocycles. The average Bonchev–Trinajstić information content (AvgIpc) is 3.31. The summed E-state index contributed by atoms with van der Waals surface area (Å²) >= 11 is 3.25. The Morgan fingerprint density at radius 1 is 1.08 bits per heavy atom. The molecule has 0 unspecified atom stereocenters. The van der Waals surface area contributed by atoms with Crippen molar-refractivity contribution in [3.8, 4) is 0 Å². The number of thiazole rings is 1. The molecule has 2 heterocycles. The summed E-state index contributed by atoms with van der Waals surface area (Å²) in [6.45, 7) is 7.84. The summed E-state index contributed by atoms with van der Waals surface area (Å²) in [7, 11) is 0. The molecule has 5 heteroatoms. The third-order valence-electron chi connectivity index (χ3n) is 4.36. The Labute approximate surface area is 163 Å². The SMILES string of the molecule is CC(C)(C)c1ccc(C(=O)N(CCc2cscn2)Cc2ccsc2)cc1. The molecule has 1 amide bonds. The molecule has 2 aromatic heterocycles. The molecule has 0 saturated carbocycles. The molecule has 1 aromatic carbocycles. The van der Waals surface area contributed by atoms with Gasteiger partial charge in [0.1, 0.15) is 0 Å². The lowest BCUT2D eigenvalue weighted by molar-refractivity contribution is 0.0745. The van der Waals surface area contributed by atoms with E-state index in [0.29, 0.717) is 13.1 Å². The molecule has 0 aliphatic rings. The lowest BCUT2D eigenvalue weighted by Gasteiger charge is -2.23. The standard InChI is InChI=1S/C21H24N2OS2/c1-21(2,3)18-6-4-17(5-7-18)20(24)23(12-16-9-11-25-13-16)10-8-19-14-26-15-22-19/h4-7,9,11,13-15H,8,10,12H2,1-3H3. The molecule has 0 radical (unpaired) electrons. The number of nitrogens with zero attached hydrogens (tertiary/aromatic N) is 2. The van der Waals surface area contributed by atoms with Crippen LogP contribution in [0.15, 0.2) is 52.0 Å². The largest absolute Gasteiger partial charge is 0.334 e. The molecule has 26 heavy (non-hydrogen) atoms. The molecule has 0 bridgehead atoms. The van der Waals surface area contributed by atoms with Gasteiger partial charge in [0, 0.05) is 30.5 Å². The van der Waals surface area contributed by atoms with Gasteiger partial charge >= 0.3 is 0 Å². The molecule has 0 saturated heterocycles. The second-order valence-corrected chi connectivity index (χ2v) is 8.91. The van der Waals surface area contributed by atoms with Crippen LogP contribution in [0, 0.1) is 0 Å². The fourth-order valence-corrected chi connectivity index (χ4v) is 4.01. The van der Waals surface area contributed by atoms with Gasteiger partial charge in [0.05, 0.1) is 11.2 Å². The number of hydrogen-bond donors (Lipinski definition) is 0. The maximum absolute atomic E-state index is 13.1. The average molecular weight is 385 g/mol. The quantitative estimate of drug-likeness (QED) is 0.571. The summed E-state index contributed by atoms with van der Waals surface area (Å²) in [5.41, 5.74) is 6.12. The van der Waals surface area contributed by atoms with Crippen molar-refractivity contribution in [2.75, 3.05) is 6.54 Å². The summed E-state index contributed by atoms with van der Waals surface area (Å²) in [6.07, 6.45) is 0.777. The fraction of sp³-hybridized carbons (Fsp3) is 0.333. The van der Waals surface area contributed by atoms with Crippen LogP contribution in [0.2, 0.25) is 0 Å². The van der Waals surface area contributed by atoms with E-state index in [1.165, 1.54) is 11.1 Å². The predicted octanol–water partition coefficient (Wildman–Crippen LogP) is 5.39. The molecule has 3 aromatic rings.